The van der Waals surface area contributed by atoms with E-state index in [1.807, 2.05) is 32.0 Å². The molecule has 0 fully saturated rings. The summed E-state index contributed by atoms with van der Waals surface area (Å²) in [5.74, 6) is 0.764. The Morgan fingerprint density at radius 3 is 2.68 bits per heavy atom. The van der Waals surface area contributed by atoms with Gasteiger partial charge in [-0.2, -0.15) is 0 Å². The molecule has 1 amide bonds. The number of carbonyl (C=O) groups excluding carboxylic acids is 1. The number of nitrogens with zero attached hydrogens (tertiary/aromatic N) is 1. The molecule has 4 nitrogen and oxygen atoms in total. The summed E-state index contributed by atoms with van der Waals surface area (Å²) in [5, 5.41) is 0. The summed E-state index contributed by atoms with van der Waals surface area (Å²) in [5.41, 5.74) is 7.01. The van der Waals surface area contributed by atoms with Gasteiger partial charge in [0.25, 0.3) is 5.91 Å². The van der Waals surface area contributed by atoms with Crippen molar-refractivity contribution < 1.29 is 9.53 Å². The van der Waals surface area contributed by atoms with Crippen LogP contribution >= 0.6 is 0 Å². The molecule has 1 aromatic carbocycles. The number of amides is 1. The second-order valence-electron chi connectivity index (χ2n) is 5.65. The number of fused-ring (bicyclic) bond motifs is 1. The zero-order chi connectivity index (χ0) is 14.2. The van der Waals surface area contributed by atoms with Crippen molar-refractivity contribution in [1.29, 1.82) is 0 Å². The minimum Gasteiger partial charge on any atom is -0.476 e. The van der Waals surface area contributed by atoms with Crippen molar-refractivity contribution in [3.63, 3.8) is 0 Å². The number of anilines is 1. The summed E-state index contributed by atoms with van der Waals surface area (Å²) in [7, 11) is 0. The minimum absolute atomic E-state index is 0.000414. The maximum atomic E-state index is 12.4. The van der Waals surface area contributed by atoms with Crippen molar-refractivity contribution in [2.75, 3.05) is 11.4 Å². The third-order valence-electron chi connectivity index (χ3n) is 3.31. The summed E-state index contributed by atoms with van der Waals surface area (Å²) in [6.45, 7) is 8.19. The van der Waals surface area contributed by atoms with Crippen LogP contribution in [0.1, 0.15) is 33.3 Å². The second kappa shape index (κ2) is 4.85. The van der Waals surface area contributed by atoms with Crippen LogP contribution in [-0.4, -0.2) is 24.1 Å². The molecule has 0 bridgehead atoms. The number of hydrogen-bond donors (Lipinski definition) is 1. The minimum atomic E-state index is -0.800. The molecule has 1 unspecified atom stereocenters. The van der Waals surface area contributed by atoms with Gasteiger partial charge < -0.3 is 15.4 Å². The predicted molar refractivity (Wildman–Crippen MR) is 76.5 cm³/mol. The number of rotatable bonds is 3. The van der Waals surface area contributed by atoms with Crippen molar-refractivity contribution in [2.24, 2.45) is 5.73 Å². The molecular weight excluding hydrogens is 240 g/mol. The molecule has 0 saturated heterocycles. The predicted octanol–water partition coefficient (Wildman–Crippen LogP) is 2.10. The summed E-state index contributed by atoms with van der Waals surface area (Å²) in [6, 6.07) is 6.06. The maximum absolute atomic E-state index is 12.4. The third-order valence-corrected chi connectivity index (χ3v) is 3.31. The van der Waals surface area contributed by atoms with Crippen molar-refractivity contribution in [1.82, 2.24) is 0 Å². The van der Waals surface area contributed by atoms with Gasteiger partial charge in [-0.05, 0) is 51.8 Å². The number of hydrogen-bond acceptors (Lipinski definition) is 3. The summed E-state index contributed by atoms with van der Waals surface area (Å²) >= 11 is 0. The highest BCUT2D eigenvalue weighted by molar-refractivity contribution is 6.02. The fourth-order valence-electron chi connectivity index (χ4n) is 2.43. The first-order chi connectivity index (χ1) is 8.85. The molecule has 0 radical (unpaired) electrons. The molecule has 2 rings (SSSR count). The first-order valence-electron chi connectivity index (χ1n) is 6.74. The monoisotopic (exact) mass is 262 g/mol. The van der Waals surface area contributed by atoms with Gasteiger partial charge in [0.2, 0.25) is 0 Å². The molecule has 0 aromatic heterocycles. The van der Waals surface area contributed by atoms with E-state index in [-0.39, 0.29) is 11.9 Å². The van der Waals surface area contributed by atoms with E-state index >= 15 is 0 Å². The van der Waals surface area contributed by atoms with Crippen LogP contribution in [0, 0.1) is 0 Å². The van der Waals surface area contributed by atoms with Crippen LogP contribution in [0.25, 0.3) is 0 Å². The molecular formula is C15H22N2O2. The van der Waals surface area contributed by atoms with Crippen LogP contribution in [0.5, 0.6) is 5.75 Å². The average molecular weight is 262 g/mol. The number of likely N-dealkylation sites (N-methyl/N-ethyl adjacent to an activating group) is 1. The van der Waals surface area contributed by atoms with Crippen molar-refractivity contribution in [3.8, 4) is 5.75 Å². The summed E-state index contributed by atoms with van der Waals surface area (Å²) in [6.07, 6.45) is 0.794. The third kappa shape index (κ3) is 2.59. The van der Waals surface area contributed by atoms with Gasteiger partial charge in [-0.25, -0.2) is 0 Å². The fraction of sp³-hybridized carbons (Fsp3) is 0.533. The molecule has 104 valence electrons. The molecule has 1 aliphatic heterocycles. The zero-order valence-electron chi connectivity index (χ0n) is 12.1. The Balaban J connectivity index is 2.43. The van der Waals surface area contributed by atoms with Crippen LogP contribution in [-0.2, 0) is 11.2 Å². The van der Waals surface area contributed by atoms with Crippen LogP contribution in [0.2, 0.25) is 0 Å². The average Bonchev–Trinajstić information content (AvgIpc) is 2.31. The Morgan fingerprint density at radius 2 is 2.11 bits per heavy atom. The van der Waals surface area contributed by atoms with Gasteiger partial charge in [0.1, 0.15) is 5.75 Å². The molecule has 2 N–H and O–H groups in total. The van der Waals surface area contributed by atoms with Crippen LogP contribution in [0.3, 0.4) is 0 Å². The van der Waals surface area contributed by atoms with Gasteiger partial charge in [-0.15, -0.1) is 0 Å². The molecule has 19 heavy (non-hydrogen) atoms. The van der Waals surface area contributed by atoms with Gasteiger partial charge >= 0.3 is 0 Å². The Bertz CT molecular complexity index is 495. The lowest BCUT2D eigenvalue weighted by molar-refractivity contribution is -0.132. The molecule has 0 saturated carbocycles. The van der Waals surface area contributed by atoms with Crippen molar-refractivity contribution in [2.45, 2.75) is 45.8 Å². The summed E-state index contributed by atoms with van der Waals surface area (Å²) < 4.78 is 5.80. The van der Waals surface area contributed by atoms with E-state index in [1.165, 1.54) is 0 Å². The van der Waals surface area contributed by atoms with Gasteiger partial charge in [0.05, 0.1) is 5.69 Å². The van der Waals surface area contributed by atoms with Gasteiger partial charge in [0, 0.05) is 12.6 Å². The molecule has 0 aliphatic carbocycles. The van der Waals surface area contributed by atoms with Crippen molar-refractivity contribution >= 4 is 11.6 Å². The first-order valence-corrected chi connectivity index (χ1v) is 6.74. The SMILES string of the molecule is CCN1C(=O)C(C)(C)Oc2ccc(CC(C)N)cc21. The highest BCUT2D eigenvalue weighted by atomic mass is 16.5. The molecule has 1 aliphatic rings. The lowest BCUT2D eigenvalue weighted by Gasteiger charge is -2.38. The van der Waals surface area contributed by atoms with Crippen LogP contribution in [0.15, 0.2) is 18.2 Å². The Kier molecular flexibility index (Phi) is 3.54. The smallest absolute Gasteiger partial charge is 0.270 e. The summed E-state index contributed by atoms with van der Waals surface area (Å²) in [4.78, 5) is 14.1. The van der Waals surface area contributed by atoms with Crippen molar-refractivity contribution in [3.05, 3.63) is 23.8 Å². The first kappa shape index (κ1) is 13.9. The molecule has 0 spiro atoms. The van der Waals surface area contributed by atoms with E-state index in [9.17, 15) is 4.79 Å². The number of nitrogens with two attached hydrogens (primary N) is 1. The van der Waals surface area contributed by atoms with Gasteiger partial charge in [0.15, 0.2) is 5.60 Å². The molecule has 1 heterocycles. The normalized spacial score (nSPS) is 18.8. The van der Waals surface area contributed by atoms with E-state index in [0.29, 0.717) is 6.54 Å². The highest BCUT2D eigenvalue weighted by Crippen LogP contribution is 2.38. The van der Waals surface area contributed by atoms with E-state index in [1.54, 1.807) is 18.7 Å². The molecule has 1 atom stereocenters. The largest absolute Gasteiger partial charge is 0.476 e. The molecule has 1 aromatic rings. The number of ether oxygens (including phenoxy) is 1. The maximum Gasteiger partial charge on any atom is 0.270 e. The Morgan fingerprint density at radius 1 is 1.42 bits per heavy atom. The lowest BCUT2D eigenvalue weighted by Crippen LogP contribution is -2.52. The van der Waals surface area contributed by atoms with Crippen LogP contribution in [0.4, 0.5) is 5.69 Å². The second-order valence-corrected chi connectivity index (χ2v) is 5.65. The number of carbonyl (C=O) groups is 1. The Labute approximate surface area is 114 Å². The van der Waals surface area contributed by atoms with E-state index in [0.717, 1.165) is 23.4 Å². The van der Waals surface area contributed by atoms with E-state index < -0.39 is 5.60 Å². The zero-order valence-corrected chi connectivity index (χ0v) is 12.1. The quantitative estimate of drug-likeness (QED) is 0.907. The number of benzene rings is 1. The Hall–Kier alpha value is -1.55. The lowest BCUT2D eigenvalue weighted by atomic mass is 10.0. The highest BCUT2D eigenvalue weighted by Gasteiger charge is 2.40. The van der Waals surface area contributed by atoms with E-state index in [4.69, 9.17) is 10.5 Å². The fourth-order valence-corrected chi connectivity index (χ4v) is 2.43. The van der Waals surface area contributed by atoms with E-state index in [2.05, 4.69) is 0 Å². The van der Waals surface area contributed by atoms with Gasteiger partial charge in [-0.3, -0.25) is 4.79 Å². The topological polar surface area (TPSA) is 55.6 Å². The van der Waals surface area contributed by atoms with Gasteiger partial charge in [-0.1, -0.05) is 6.07 Å². The van der Waals surface area contributed by atoms with Crippen LogP contribution < -0.4 is 15.4 Å². The standard InChI is InChI=1S/C15H22N2O2/c1-5-17-12-9-11(8-10(2)16)6-7-13(12)19-15(3,4)14(17)18/h6-7,9-10H,5,8,16H2,1-4H3. The molecule has 4 heteroatoms.